The van der Waals surface area contributed by atoms with Crippen LogP contribution in [0.5, 0.6) is 0 Å². The van der Waals surface area contributed by atoms with E-state index in [2.05, 4.69) is 22.5 Å². The molecule has 0 spiro atoms. The lowest BCUT2D eigenvalue weighted by molar-refractivity contribution is -0.139. The predicted octanol–water partition coefficient (Wildman–Crippen LogP) is 4.56. The van der Waals surface area contributed by atoms with Crippen LogP contribution in [0.3, 0.4) is 0 Å². The largest absolute Gasteiger partial charge is 0.480 e. The summed E-state index contributed by atoms with van der Waals surface area (Å²) in [6.45, 7) is 0.592. The zero-order valence-electron chi connectivity index (χ0n) is 23.0. The smallest absolute Gasteiger partial charge is 0.407 e. The maximum absolute atomic E-state index is 12.7. The molecule has 0 saturated heterocycles. The van der Waals surface area contributed by atoms with Gasteiger partial charge in [0.1, 0.15) is 12.6 Å². The number of aromatic nitrogens is 2. The molecule has 0 unspecified atom stereocenters. The lowest BCUT2D eigenvalue weighted by Gasteiger charge is -2.17. The molecule has 3 aromatic carbocycles. The van der Waals surface area contributed by atoms with E-state index in [1.165, 1.54) is 0 Å². The van der Waals surface area contributed by atoms with Gasteiger partial charge in [-0.3, -0.25) is 9.48 Å². The number of aliphatic carboxylic acids is 1. The molecule has 5 rings (SSSR count). The molecule has 0 aliphatic heterocycles. The van der Waals surface area contributed by atoms with Gasteiger partial charge in [-0.2, -0.15) is 5.10 Å². The first-order valence-electron chi connectivity index (χ1n) is 13.5. The molecule has 0 bridgehead atoms. The second-order valence-corrected chi connectivity index (χ2v) is 10.3. The third-order valence-electron chi connectivity index (χ3n) is 7.35. The summed E-state index contributed by atoms with van der Waals surface area (Å²) in [6, 6.07) is 22.4. The molecule has 2 amide bonds. The minimum Gasteiger partial charge on any atom is -0.480 e. The topological polar surface area (TPSA) is 114 Å². The summed E-state index contributed by atoms with van der Waals surface area (Å²) in [4.78, 5) is 38.0. The summed E-state index contributed by atoms with van der Waals surface area (Å²) in [6.07, 6.45) is 3.30. The molecule has 41 heavy (non-hydrogen) atoms. The van der Waals surface area contributed by atoms with Gasteiger partial charge >= 0.3 is 12.1 Å². The van der Waals surface area contributed by atoms with Gasteiger partial charge in [-0.15, -0.1) is 0 Å². The highest BCUT2D eigenvalue weighted by atomic mass is 16.5. The zero-order valence-corrected chi connectivity index (χ0v) is 23.0. The van der Waals surface area contributed by atoms with Crippen LogP contribution >= 0.6 is 0 Å². The van der Waals surface area contributed by atoms with Crippen molar-refractivity contribution in [2.45, 2.75) is 31.3 Å². The number of carbonyl (C=O) groups excluding carboxylic acids is 2. The van der Waals surface area contributed by atoms with Crippen molar-refractivity contribution in [2.24, 2.45) is 0 Å². The average Bonchev–Trinajstić information content (AvgIpc) is 3.57. The van der Waals surface area contributed by atoms with Crippen LogP contribution in [0.1, 0.15) is 29.0 Å². The van der Waals surface area contributed by atoms with Crippen LogP contribution in [0.15, 0.2) is 85.2 Å². The molecule has 4 aromatic rings. The molecule has 0 fully saturated rings. The zero-order chi connectivity index (χ0) is 28.9. The first kappa shape index (κ1) is 27.6. The Kier molecular flexibility index (Phi) is 8.14. The van der Waals surface area contributed by atoms with Gasteiger partial charge in [-0.1, -0.05) is 72.8 Å². The monoisotopic (exact) mass is 552 g/mol. The molecule has 1 aliphatic rings. The number of aryl methyl sites for hydroxylation is 1. The predicted molar refractivity (Wildman–Crippen MR) is 154 cm³/mol. The maximum atomic E-state index is 12.7. The van der Waals surface area contributed by atoms with E-state index < -0.39 is 18.1 Å². The minimum atomic E-state index is -1.14. The summed E-state index contributed by atoms with van der Waals surface area (Å²) in [7, 11) is 3.45. The van der Waals surface area contributed by atoms with Crippen molar-refractivity contribution in [3.63, 3.8) is 0 Å². The lowest BCUT2D eigenvalue weighted by atomic mass is 9.98. The molecule has 1 aliphatic carbocycles. The number of amides is 2. The van der Waals surface area contributed by atoms with Crippen molar-refractivity contribution in [1.82, 2.24) is 20.0 Å². The van der Waals surface area contributed by atoms with Crippen LogP contribution in [0.4, 0.5) is 4.79 Å². The number of nitrogens with zero attached hydrogens (tertiary/aromatic N) is 3. The minimum absolute atomic E-state index is 0.0334. The van der Waals surface area contributed by atoms with E-state index in [-0.39, 0.29) is 24.9 Å². The van der Waals surface area contributed by atoms with E-state index >= 15 is 0 Å². The molecule has 1 atom stereocenters. The second kappa shape index (κ2) is 12.1. The number of hydrogen-bond donors (Lipinski definition) is 2. The van der Waals surface area contributed by atoms with Gasteiger partial charge in [0.2, 0.25) is 5.91 Å². The van der Waals surface area contributed by atoms with E-state index in [9.17, 15) is 19.5 Å². The van der Waals surface area contributed by atoms with Crippen LogP contribution in [0.25, 0.3) is 22.3 Å². The molecular weight excluding hydrogens is 520 g/mol. The molecular formula is C32H32N4O5. The van der Waals surface area contributed by atoms with E-state index in [1.807, 2.05) is 66.9 Å². The number of carboxylic acid groups (broad SMARTS) is 1. The van der Waals surface area contributed by atoms with Gasteiger partial charge in [-0.05, 0) is 33.4 Å². The highest BCUT2D eigenvalue weighted by Gasteiger charge is 2.29. The van der Waals surface area contributed by atoms with Crippen LogP contribution in [0, 0.1) is 0 Å². The van der Waals surface area contributed by atoms with Gasteiger partial charge in [-0.25, -0.2) is 9.59 Å². The highest BCUT2D eigenvalue weighted by molar-refractivity contribution is 5.81. The van der Waals surface area contributed by atoms with Crippen molar-refractivity contribution < 1.29 is 24.2 Å². The molecule has 0 saturated carbocycles. The quantitative estimate of drug-likeness (QED) is 0.298. The van der Waals surface area contributed by atoms with E-state index in [0.717, 1.165) is 38.9 Å². The number of nitrogens with one attached hydrogen (secondary N) is 1. The Balaban J connectivity index is 1.17. The SMILES string of the molecule is CN(C)C(=O)CCn1cc(-c2ccc(C[C@H](NC(=O)OCC3c4ccccc4-c4ccccc43)C(=O)O)cc2)cn1. The van der Waals surface area contributed by atoms with E-state index in [1.54, 1.807) is 29.9 Å². The number of ether oxygens (including phenoxy) is 1. The Labute approximate surface area is 238 Å². The van der Waals surface area contributed by atoms with Gasteiger partial charge in [0.05, 0.1) is 6.20 Å². The fraction of sp³-hybridized carbons (Fsp3) is 0.250. The van der Waals surface area contributed by atoms with Gasteiger partial charge in [0, 0.05) is 51.2 Å². The van der Waals surface area contributed by atoms with Gasteiger partial charge in [0.25, 0.3) is 0 Å². The van der Waals surface area contributed by atoms with Crippen molar-refractivity contribution in [1.29, 1.82) is 0 Å². The van der Waals surface area contributed by atoms with Crippen LogP contribution in [-0.2, 0) is 27.3 Å². The highest BCUT2D eigenvalue weighted by Crippen LogP contribution is 2.44. The number of fused-ring (bicyclic) bond motifs is 3. The van der Waals surface area contributed by atoms with Crippen molar-refractivity contribution in [3.05, 3.63) is 102 Å². The summed E-state index contributed by atoms with van der Waals surface area (Å²) >= 11 is 0. The standard InChI is InChI=1S/C32H32N4O5/c1-35(2)30(37)15-16-36-19-23(18-33-36)22-13-11-21(12-14-22)17-29(31(38)39)34-32(40)41-20-28-26-9-5-3-7-24(26)25-8-4-6-10-27(25)28/h3-14,18-19,28-29H,15-17,20H2,1-2H3,(H,34,40)(H,38,39)/t29-/m0/s1. The molecule has 2 N–H and O–H groups in total. The first-order valence-corrected chi connectivity index (χ1v) is 13.5. The van der Waals surface area contributed by atoms with Crippen molar-refractivity contribution in [3.8, 4) is 22.3 Å². The third-order valence-corrected chi connectivity index (χ3v) is 7.35. The van der Waals surface area contributed by atoms with Crippen molar-refractivity contribution in [2.75, 3.05) is 20.7 Å². The summed E-state index contributed by atoms with van der Waals surface area (Å²) in [5.41, 5.74) is 6.97. The third kappa shape index (κ3) is 6.30. The molecule has 210 valence electrons. The number of hydrogen-bond acceptors (Lipinski definition) is 5. The van der Waals surface area contributed by atoms with E-state index in [0.29, 0.717) is 13.0 Å². The molecule has 0 radical (unpaired) electrons. The van der Waals surface area contributed by atoms with Crippen LogP contribution < -0.4 is 5.32 Å². The Hall–Kier alpha value is -4.92. The summed E-state index contributed by atoms with van der Waals surface area (Å²) < 4.78 is 7.26. The number of alkyl carbamates (subject to hydrolysis) is 1. The number of rotatable bonds is 10. The number of carboxylic acids is 1. The second-order valence-electron chi connectivity index (χ2n) is 10.3. The van der Waals surface area contributed by atoms with E-state index in [4.69, 9.17) is 4.74 Å². The Morgan fingerprint density at radius 1 is 0.951 bits per heavy atom. The summed E-state index contributed by atoms with van der Waals surface area (Å²) in [5, 5.41) is 16.6. The number of benzene rings is 3. The maximum Gasteiger partial charge on any atom is 0.407 e. The Morgan fingerprint density at radius 2 is 1.59 bits per heavy atom. The fourth-order valence-electron chi connectivity index (χ4n) is 5.12. The molecule has 9 nitrogen and oxygen atoms in total. The molecule has 1 aromatic heterocycles. The first-order chi connectivity index (χ1) is 19.8. The molecule has 9 heteroatoms. The Bertz CT molecular complexity index is 1510. The summed E-state index contributed by atoms with van der Waals surface area (Å²) in [5.74, 6) is -1.22. The van der Waals surface area contributed by atoms with Gasteiger partial charge < -0.3 is 20.1 Å². The molecule has 1 heterocycles. The van der Waals surface area contributed by atoms with Crippen LogP contribution in [-0.4, -0.2) is 64.5 Å². The van der Waals surface area contributed by atoms with Crippen LogP contribution in [0.2, 0.25) is 0 Å². The lowest BCUT2D eigenvalue weighted by Crippen LogP contribution is -2.42. The van der Waals surface area contributed by atoms with Gasteiger partial charge in [0.15, 0.2) is 0 Å². The average molecular weight is 553 g/mol. The number of carbonyl (C=O) groups is 3. The fourth-order valence-corrected chi connectivity index (χ4v) is 5.12. The van der Waals surface area contributed by atoms with Crippen molar-refractivity contribution >= 4 is 18.0 Å². The Morgan fingerprint density at radius 3 is 2.20 bits per heavy atom. The normalized spacial score (nSPS) is 12.7.